The highest BCUT2D eigenvalue weighted by Crippen LogP contribution is 2.15. The number of hydrogen-bond donors (Lipinski definition) is 0. The minimum Gasteiger partial charge on any atom is -0.338 e. The van der Waals surface area contributed by atoms with Crippen LogP contribution in [-0.2, 0) is 6.42 Å². The Labute approximate surface area is 157 Å². The Morgan fingerprint density at radius 3 is 2.63 bits per heavy atom. The Balaban J connectivity index is 1.79. The second-order valence-corrected chi connectivity index (χ2v) is 6.05. The predicted octanol–water partition coefficient (Wildman–Crippen LogP) is 2.55. The molecule has 0 fully saturated rings. The van der Waals surface area contributed by atoms with E-state index in [0.717, 1.165) is 11.3 Å². The normalized spacial score (nSPS) is 10.4. The van der Waals surface area contributed by atoms with Crippen molar-refractivity contribution in [3.63, 3.8) is 0 Å². The standard InChI is InChI=1S/C20H20N6O/c1-3-25(13-10-16-9-8-15(2)18(14-21)24-16)20(27)17-6-4-5-7-19(17)26-22-11-12-23-26/h4-9,11-12H,3,10,13H2,1-2H3. The molecule has 0 saturated heterocycles. The van der Waals surface area contributed by atoms with Crippen molar-refractivity contribution in [2.24, 2.45) is 0 Å². The van der Waals surface area contributed by atoms with Crippen molar-refractivity contribution in [2.45, 2.75) is 20.3 Å². The van der Waals surface area contributed by atoms with Gasteiger partial charge < -0.3 is 4.90 Å². The van der Waals surface area contributed by atoms with Crippen molar-refractivity contribution in [3.8, 4) is 11.8 Å². The molecule has 0 radical (unpaired) electrons. The minimum atomic E-state index is -0.0852. The van der Waals surface area contributed by atoms with Gasteiger partial charge in [-0.2, -0.15) is 20.3 Å². The molecular formula is C20H20N6O. The van der Waals surface area contributed by atoms with E-state index in [9.17, 15) is 4.79 Å². The van der Waals surface area contributed by atoms with E-state index in [-0.39, 0.29) is 5.91 Å². The van der Waals surface area contributed by atoms with Gasteiger partial charge in [0.1, 0.15) is 11.8 Å². The molecule has 0 aliphatic heterocycles. The van der Waals surface area contributed by atoms with E-state index in [2.05, 4.69) is 21.3 Å². The number of aromatic nitrogens is 4. The molecule has 1 aromatic carbocycles. The van der Waals surface area contributed by atoms with Gasteiger partial charge in [-0.05, 0) is 37.6 Å². The first-order chi connectivity index (χ1) is 13.1. The van der Waals surface area contributed by atoms with Gasteiger partial charge in [-0.1, -0.05) is 18.2 Å². The van der Waals surface area contributed by atoms with Gasteiger partial charge in [0.25, 0.3) is 5.91 Å². The van der Waals surface area contributed by atoms with Gasteiger partial charge in [-0.25, -0.2) is 4.98 Å². The second-order valence-electron chi connectivity index (χ2n) is 6.05. The zero-order valence-corrected chi connectivity index (χ0v) is 15.3. The van der Waals surface area contributed by atoms with Crippen LogP contribution in [0.15, 0.2) is 48.8 Å². The number of para-hydroxylation sites is 1. The van der Waals surface area contributed by atoms with Crippen molar-refractivity contribution in [1.82, 2.24) is 24.9 Å². The van der Waals surface area contributed by atoms with Crippen LogP contribution in [0.4, 0.5) is 0 Å². The number of carbonyl (C=O) groups excluding carboxylic acids is 1. The van der Waals surface area contributed by atoms with E-state index in [1.807, 2.05) is 44.2 Å². The summed E-state index contributed by atoms with van der Waals surface area (Å²) in [5.74, 6) is -0.0852. The molecule has 0 N–H and O–H groups in total. The third-order valence-electron chi connectivity index (χ3n) is 4.34. The van der Waals surface area contributed by atoms with Crippen molar-refractivity contribution < 1.29 is 4.79 Å². The molecule has 0 aliphatic carbocycles. The van der Waals surface area contributed by atoms with Gasteiger partial charge >= 0.3 is 0 Å². The van der Waals surface area contributed by atoms with Crippen molar-refractivity contribution in [3.05, 3.63) is 71.3 Å². The third-order valence-corrected chi connectivity index (χ3v) is 4.34. The van der Waals surface area contributed by atoms with Gasteiger partial charge in [0.2, 0.25) is 0 Å². The molecule has 2 aromatic heterocycles. The summed E-state index contributed by atoms with van der Waals surface area (Å²) in [6.07, 6.45) is 3.74. The van der Waals surface area contributed by atoms with Crippen LogP contribution in [0.3, 0.4) is 0 Å². The fraction of sp³-hybridized carbons (Fsp3) is 0.250. The van der Waals surface area contributed by atoms with E-state index in [0.29, 0.717) is 36.5 Å². The second kappa shape index (κ2) is 8.23. The maximum atomic E-state index is 13.1. The highest BCUT2D eigenvalue weighted by atomic mass is 16.2. The lowest BCUT2D eigenvalue weighted by atomic mass is 10.1. The van der Waals surface area contributed by atoms with Crippen molar-refractivity contribution in [2.75, 3.05) is 13.1 Å². The molecule has 7 heteroatoms. The largest absolute Gasteiger partial charge is 0.338 e. The molecule has 3 aromatic rings. The fourth-order valence-corrected chi connectivity index (χ4v) is 2.81. The van der Waals surface area contributed by atoms with Crippen LogP contribution in [-0.4, -0.2) is 43.9 Å². The van der Waals surface area contributed by atoms with E-state index in [1.165, 1.54) is 4.80 Å². The quantitative estimate of drug-likeness (QED) is 0.674. The zero-order valence-electron chi connectivity index (χ0n) is 15.3. The molecule has 1 amide bonds. The highest BCUT2D eigenvalue weighted by molar-refractivity contribution is 5.97. The molecule has 0 aliphatic rings. The summed E-state index contributed by atoms with van der Waals surface area (Å²) in [6, 6.07) is 13.2. The van der Waals surface area contributed by atoms with E-state index >= 15 is 0 Å². The van der Waals surface area contributed by atoms with Gasteiger partial charge in [0.05, 0.1) is 23.6 Å². The summed E-state index contributed by atoms with van der Waals surface area (Å²) in [5.41, 5.74) is 3.27. The van der Waals surface area contributed by atoms with Crippen LogP contribution in [0.2, 0.25) is 0 Å². The van der Waals surface area contributed by atoms with Gasteiger partial charge in [-0.3, -0.25) is 4.79 Å². The first kappa shape index (κ1) is 18.3. The smallest absolute Gasteiger partial charge is 0.256 e. The number of aryl methyl sites for hydroxylation is 1. The number of pyridine rings is 1. The molecule has 0 spiro atoms. The number of benzene rings is 1. The fourth-order valence-electron chi connectivity index (χ4n) is 2.81. The van der Waals surface area contributed by atoms with Gasteiger partial charge in [0, 0.05) is 25.2 Å². The summed E-state index contributed by atoms with van der Waals surface area (Å²) in [7, 11) is 0. The van der Waals surface area contributed by atoms with Crippen LogP contribution in [0.25, 0.3) is 5.69 Å². The van der Waals surface area contributed by atoms with E-state index < -0.39 is 0 Å². The lowest BCUT2D eigenvalue weighted by Gasteiger charge is -2.22. The number of nitriles is 1. The Morgan fingerprint density at radius 2 is 1.93 bits per heavy atom. The molecule has 0 unspecified atom stereocenters. The molecule has 7 nitrogen and oxygen atoms in total. The van der Waals surface area contributed by atoms with Crippen LogP contribution in [0.5, 0.6) is 0 Å². The number of likely N-dealkylation sites (N-methyl/N-ethyl adjacent to an activating group) is 1. The Morgan fingerprint density at radius 1 is 1.19 bits per heavy atom. The maximum Gasteiger partial charge on any atom is 0.256 e. The minimum absolute atomic E-state index is 0.0852. The maximum absolute atomic E-state index is 13.1. The van der Waals surface area contributed by atoms with E-state index in [4.69, 9.17) is 5.26 Å². The molecule has 0 bridgehead atoms. The monoisotopic (exact) mass is 360 g/mol. The summed E-state index contributed by atoms with van der Waals surface area (Å²) < 4.78 is 0. The van der Waals surface area contributed by atoms with Crippen LogP contribution < -0.4 is 0 Å². The summed E-state index contributed by atoms with van der Waals surface area (Å²) >= 11 is 0. The Kier molecular flexibility index (Phi) is 5.57. The molecule has 3 rings (SSSR count). The number of rotatable bonds is 6. The highest BCUT2D eigenvalue weighted by Gasteiger charge is 2.19. The van der Waals surface area contributed by atoms with Gasteiger partial charge in [0.15, 0.2) is 0 Å². The molecule has 0 atom stereocenters. The SMILES string of the molecule is CCN(CCc1ccc(C)c(C#N)n1)C(=O)c1ccccc1-n1nccn1. The lowest BCUT2D eigenvalue weighted by Crippen LogP contribution is -2.33. The topological polar surface area (TPSA) is 87.7 Å². The summed E-state index contributed by atoms with van der Waals surface area (Å²) in [5, 5.41) is 17.4. The van der Waals surface area contributed by atoms with Crippen molar-refractivity contribution >= 4 is 5.91 Å². The zero-order chi connectivity index (χ0) is 19.2. The average Bonchev–Trinajstić information content (AvgIpc) is 3.24. The van der Waals surface area contributed by atoms with E-state index in [1.54, 1.807) is 23.4 Å². The number of amides is 1. The molecule has 2 heterocycles. The average molecular weight is 360 g/mol. The molecular weight excluding hydrogens is 340 g/mol. The lowest BCUT2D eigenvalue weighted by molar-refractivity contribution is 0.0765. The van der Waals surface area contributed by atoms with Crippen LogP contribution in [0.1, 0.15) is 34.2 Å². The van der Waals surface area contributed by atoms with Crippen molar-refractivity contribution in [1.29, 1.82) is 5.26 Å². The van der Waals surface area contributed by atoms with Crippen LogP contribution in [0, 0.1) is 18.3 Å². The summed E-state index contributed by atoms with van der Waals surface area (Å²) in [6.45, 7) is 4.88. The molecule has 136 valence electrons. The predicted molar refractivity (Wildman–Crippen MR) is 100 cm³/mol. The third kappa shape index (κ3) is 4.01. The Bertz CT molecular complexity index is 974. The number of hydrogen-bond acceptors (Lipinski definition) is 5. The molecule has 0 saturated carbocycles. The van der Waals surface area contributed by atoms with Crippen LogP contribution >= 0.6 is 0 Å². The Hall–Kier alpha value is -3.53. The summed E-state index contributed by atoms with van der Waals surface area (Å²) in [4.78, 5) is 20.6. The number of carbonyl (C=O) groups is 1. The van der Waals surface area contributed by atoms with Gasteiger partial charge in [-0.15, -0.1) is 0 Å². The first-order valence-corrected chi connectivity index (χ1v) is 8.75. The number of nitrogens with zero attached hydrogens (tertiary/aromatic N) is 6. The first-order valence-electron chi connectivity index (χ1n) is 8.75. The molecule has 27 heavy (non-hydrogen) atoms.